The predicted octanol–water partition coefficient (Wildman–Crippen LogP) is 4.14. The van der Waals surface area contributed by atoms with E-state index in [0.29, 0.717) is 42.7 Å². The predicted molar refractivity (Wildman–Crippen MR) is 135 cm³/mol. The number of ether oxygens (including phenoxy) is 1. The number of amides is 1. The standard InChI is InChI=1S/C24H27BrN6O3S/c1-4-34-23(33)17-6-5-11-30(13-17)22(32)21-20(14-35-24-26-15(2)12-16(3)27-24)31(29-28-21)19-9-7-18(25)8-10-19/h7-10,12,17H,4-6,11,13-14H2,1-3H3. The van der Waals surface area contributed by atoms with Crippen molar-refractivity contribution in [2.24, 2.45) is 5.92 Å². The number of hydrogen-bond acceptors (Lipinski definition) is 8. The molecule has 0 radical (unpaired) electrons. The summed E-state index contributed by atoms with van der Waals surface area (Å²) in [5.74, 6) is -0.413. The molecule has 3 heterocycles. The maximum Gasteiger partial charge on any atom is 0.310 e. The summed E-state index contributed by atoms with van der Waals surface area (Å²) in [6, 6.07) is 9.56. The van der Waals surface area contributed by atoms with Crippen molar-refractivity contribution in [3.05, 3.63) is 57.6 Å². The van der Waals surface area contributed by atoms with Crippen LogP contribution in [0.2, 0.25) is 0 Å². The van der Waals surface area contributed by atoms with Gasteiger partial charge >= 0.3 is 5.97 Å². The van der Waals surface area contributed by atoms with Gasteiger partial charge in [0.1, 0.15) is 0 Å². The molecular formula is C24H27BrN6O3S. The number of piperidine rings is 1. The van der Waals surface area contributed by atoms with Crippen LogP contribution in [0.5, 0.6) is 0 Å². The van der Waals surface area contributed by atoms with Gasteiger partial charge in [-0.25, -0.2) is 14.6 Å². The Morgan fingerprint density at radius 2 is 1.89 bits per heavy atom. The second-order valence-corrected chi connectivity index (χ2v) is 10.2. The number of rotatable bonds is 7. The Labute approximate surface area is 216 Å². The maximum absolute atomic E-state index is 13.6. The van der Waals surface area contributed by atoms with E-state index in [1.807, 2.05) is 44.2 Å². The highest BCUT2D eigenvalue weighted by Crippen LogP contribution is 2.26. The van der Waals surface area contributed by atoms with Crippen molar-refractivity contribution in [2.75, 3.05) is 19.7 Å². The number of aryl methyl sites for hydroxylation is 2. The molecule has 1 fully saturated rings. The normalized spacial score (nSPS) is 15.8. The van der Waals surface area contributed by atoms with E-state index in [9.17, 15) is 9.59 Å². The summed E-state index contributed by atoms with van der Waals surface area (Å²) >= 11 is 4.89. The molecule has 0 bridgehead atoms. The zero-order valence-electron chi connectivity index (χ0n) is 19.9. The SMILES string of the molecule is CCOC(=O)C1CCCN(C(=O)c2nnn(-c3ccc(Br)cc3)c2CSc2nc(C)cc(C)n2)C1. The molecular weight excluding hydrogens is 532 g/mol. The molecule has 1 amide bonds. The third kappa shape index (κ3) is 6.07. The number of hydrogen-bond donors (Lipinski definition) is 0. The van der Waals surface area contributed by atoms with Gasteiger partial charge in [-0.3, -0.25) is 9.59 Å². The summed E-state index contributed by atoms with van der Waals surface area (Å²) in [4.78, 5) is 36.6. The summed E-state index contributed by atoms with van der Waals surface area (Å²) in [6.07, 6.45) is 1.44. The van der Waals surface area contributed by atoms with E-state index in [0.717, 1.165) is 28.0 Å². The fourth-order valence-electron chi connectivity index (χ4n) is 4.04. The number of aromatic nitrogens is 5. The Balaban J connectivity index is 1.63. The summed E-state index contributed by atoms with van der Waals surface area (Å²) < 4.78 is 7.81. The fraction of sp³-hybridized carbons (Fsp3) is 0.417. The smallest absolute Gasteiger partial charge is 0.310 e. The Bertz CT molecular complexity index is 1200. The lowest BCUT2D eigenvalue weighted by molar-refractivity contribution is -0.149. The molecule has 9 nitrogen and oxygen atoms in total. The Morgan fingerprint density at radius 3 is 2.57 bits per heavy atom. The second-order valence-electron chi connectivity index (χ2n) is 8.34. The minimum Gasteiger partial charge on any atom is -0.466 e. The van der Waals surface area contributed by atoms with E-state index in [1.165, 1.54) is 11.8 Å². The van der Waals surface area contributed by atoms with Crippen molar-refractivity contribution < 1.29 is 14.3 Å². The van der Waals surface area contributed by atoms with Crippen LogP contribution >= 0.6 is 27.7 Å². The molecule has 11 heteroatoms. The van der Waals surface area contributed by atoms with Gasteiger partial charge in [-0.15, -0.1) is 5.10 Å². The number of carbonyl (C=O) groups excluding carboxylic acids is 2. The zero-order chi connectivity index (χ0) is 24.9. The van der Waals surface area contributed by atoms with Gasteiger partial charge in [-0.2, -0.15) is 0 Å². The third-order valence-electron chi connectivity index (χ3n) is 5.67. The van der Waals surface area contributed by atoms with E-state index in [4.69, 9.17) is 4.74 Å². The van der Waals surface area contributed by atoms with Crippen molar-refractivity contribution in [3.63, 3.8) is 0 Å². The molecule has 4 rings (SSSR count). The van der Waals surface area contributed by atoms with Gasteiger partial charge in [-0.05, 0) is 63.9 Å². The van der Waals surface area contributed by atoms with Crippen LogP contribution in [0, 0.1) is 19.8 Å². The van der Waals surface area contributed by atoms with Crippen molar-refractivity contribution in [1.29, 1.82) is 0 Å². The first-order valence-electron chi connectivity index (χ1n) is 11.5. The summed E-state index contributed by atoms with van der Waals surface area (Å²) in [5.41, 5.74) is 3.49. The molecule has 1 unspecified atom stereocenters. The highest BCUT2D eigenvalue weighted by molar-refractivity contribution is 9.10. The van der Waals surface area contributed by atoms with Crippen LogP contribution in [-0.2, 0) is 15.3 Å². The first kappa shape index (κ1) is 25.3. The summed E-state index contributed by atoms with van der Waals surface area (Å²) in [5, 5.41) is 9.23. The molecule has 1 atom stereocenters. The van der Waals surface area contributed by atoms with Gasteiger partial charge in [-0.1, -0.05) is 32.9 Å². The minimum absolute atomic E-state index is 0.237. The molecule has 1 aliphatic rings. The highest BCUT2D eigenvalue weighted by atomic mass is 79.9. The molecule has 1 aromatic carbocycles. The van der Waals surface area contributed by atoms with Crippen LogP contribution in [0.4, 0.5) is 0 Å². The zero-order valence-corrected chi connectivity index (χ0v) is 22.3. The van der Waals surface area contributed by atoms with Gasteiger partial charge in [0.2, 0.25) is 0 Å². The number of carbonyl (C=O) groups is 2. The minimum atomic E-state index is -0.323. The van der Waals surface area contributed by atoms with Crippen LogP contribution in [0.25, 0.3) is 5.69 Å². The lowest BCUT2D eigenvalue weighted by Gasteiger charge is -2.31. The summed E-state index contributed by atoms with van der Waals surface area (Å²) in [6.45, 7) is 6.84. The van der Waals surface area contributed by atoms with Crippen molar-refractivity contribution in [1.82, 2.24) is 29.9 Å². The number of halogens is 1. The van der Waals surface area contributed by atoms with E-state index in [-0.39, 0.29) is 23.5 Å². The van der Waals surface area contributed by atoms with Crippen LogP contribution < -0.4 is 0 Å². The topological polar surface area (TPSA) is 103 Å². The second kappa shape index (κ2) is 11.3. The lowest BCUT2D eigenvalue weighted by Crippen LogP contribution is -2.43. The van der Waals surface area contributed by atoms with Crippen LogP contribution in [0.1, 0.15) is 47.3 Å². The van der Waals surface area contributed by atoms with Gasteiger partial charge in [0.15, 0.2) is 10.9 Å². The molecule has 0 saturated carbocycles. The van der Waals surface area contributed by atoms with E-state index < -0.39 is 0 Å². The molecule has 1 saturated heterocycles. The molecule has 184 valence electrons. The van der Waals surface area contributed by atoms with Gasteiger partial charge in [0.05, 0.1) is 23.9 Å². The number of thioether (sulfide) groups is 1. The largest absolute Gasteiger partial charge is 0.466 e. The number of nitrogens with zero attached hydrogens (tertiary/aromatic N) is 6. The fourth-order valence-corrected chi connectivity index (χ4v) is 5.25. The molecule has 0 aliphatic carbocycles. The van der Waals surface area contributed by atoms with Crippen molar-refractivity contribution in [2.45, 2.75) is 44.5 Å². The van der Waals surface area contributed by atoms with Crippen LogP contribution in [0.15, 0.2) is 40.0 Å². The van der Waals surface area contributed by atoms with Crippen molar-refractivity contribution in [3.8, 4) is 5.69 Å². The average Bonchev–Trinajstić information content (AvgIpc) is 3.26. The third-order valence-corrected chi connectivity index (χ3v) is 7.05. The molecule has 3 aromatic rings. The highest BCUT2D eigenvalue weighted by Gasteiger charge is 2.32. The van der Waals surface area contributed by atoms with E-state index >= 15 is 0 Å². The van der Waals surface area contributed by atoms with Crippen LogP contribution in [-0.4, -0.2) is 61.4 Å². The van der Waals surface area contributed by atoms with E-state index in [1.54, 1.807) is 16.5 Å². The monoisotopic (exact) mass is 558 g/mol. The number of likely N-dealkylation sites (tertiary alicyclic amines) is 1. The number of benzene rings is 1. The van der Waals surface area contributed by atoms with Gasteiger partial charge in [0, 0.05) is 34.7 Å². The Kier molecular flexibility index (Phi) is 8.17. The lowest BCUT2D eigenvalue weighted by atomic mass is 9.98. The van der Waals surface area contributed by atoms with Gasteiger partial charge in [0.25, 0.3) is 5.91 Å². The Morgan fingerprint density at radius 1 is 1.17 bits per heavy atom. The van der Waals surface area contributed by atoms with Crippen molar-refractivity contribution >= 4 is 39.6 Å². The molecule has 35 heavy (non-hydrogen) atoms. The Hall–Kier alpha value is -2.79. The van der Waals surface area contributed by atoms with E-state index in [2.05, 4.69) is 36.2 Å². The molecule has 2 aromatic heterocycles. The summed E-state index contributed by atoms with van der Waals surface area (Å²) in [7, 11) is 0. The molecule has 0 spiro atoms. The first-order chi connectivity index (χ1) is 16.9. The van der Waals surface area contributed by atoms with Crippen LogP contribution in [0.3, 0.4) is 0 Å². The average molecular weight is 559 g/mol. The molecule has 0 N–H and O–H groups in total. The quantitative estimate of drug-likeness (QED) is 0.242. The number of esters is 1. The molecule has 1 aliphatic heterocycles. The first-order valence-corrected chi connectivity index (χ1v) is 13.2. The maximum atomic E-state index is 13.6. The van der Waals surface area contributed by atoms with Gasteiger partial charge < -0.3 is 9.64 Å².